The molecule has 1 heterocycles. The van der Waals surface area contributed by atoms with Gasteiger partial charge in [-0.2, -0.15) is 0 Å². The number of nitrogens with one attached hydrogen (secondary N) is 1. The van der Waals surface area contributed by atoms with Crippen LogP contribution in [0.25, 0.3) is 16.6 Å². The molecule has 9 heteroatoms. The highest BCUT2D eigenvalue weighted by Gasteiger charge is 2.16. The molecule has 0 fully saturated rings. The van der Waals surface area contributed by atoms with Gasteiger partial charge in [0.05, 0.1) is 27.4 Å². The van der Waals surface area contributed by atoms with E-state index in [-0.39, 0.29) is 33.2 Å². The molecule has 1 N–H and O–H groups in total. The molecule has 1 aromatic heterocycles. The van der Waals surface area contributed by atoms with E-state index in [4.69, 9.17) is 11.6 Å². The number of aromatic nitrogens is 2. The van der Waals surface area contributed by atoms with Crippen LogP contribution in [0.15, 0.2) is 76.7 Å². The molecular formula is C24H18ClF2N3O2S. The van der Waals surface area contributed by atoms with E-state index in [0.29, 0.717) is 29.6 Å². The number of amides is 1. The number of hydrogen-bond acceptors (Lipinski definition) is 4. The number of thioether (sulfide) groups is 1. The first-order valence-corrected chi connectivity index (χ1v) is 11.4. The van der Waals surface area contributed by atoms with E-state index in [9.17, 15) is 18.4 Å². The quantitative estimate of drug-likeness (QED) is 0.302. The molecule has 4 aromatic rings. The molecule has 0 saturated heterocycles. The fourth-order valence-electron chi connectivity index (χ4n) is 3.24. The maximum atomic E-state index is 13.7. The van der Waals surface area contributed by atoms with E-state index in [0.717, 1.165) is 17.3 Å². The molecule has 0 bridgehead atoms. The fraction of sp³-hybridized carbons (Fsp3) is 0.125. The van der Waals surface area contributed by atoms with Gasteiger partial charge in [0.1, 0.15) is 11.6 Å². The average Bonchev–Trinajstić information content (AvgIpc) is 2.81. The van der Waals surface area contributed by atoms with Gasteiger partial charge in [0, 0.05) is 6.54 Å². The summed E-state index contributed by atoms with van der Waals surface area (Å²) in [6, 6.07) is 16.9. The lowest BCUT2D eigenvalue weighted by Crippen LogP contribution is -2.28. The second-order valence-electron chi connectivity index (χ2n) is 7.17. The van der Waals surface area contributed by atoms with Crippen LogP contribution in [0.4, 0.5) is 8.78 Å². The topological polar surface area (TPSA) is 64.0 Å². The van der Waals surface area contributed by atoms with Crippen molar-refractivity contribution in [2.45, 2.75) is 11.6 Å². The lowest BCUT2D eigenvalue weighted by atomic mass is 10.1. The van der Waals surface area contributed by atoms with Crippen molar-refractivity contribution < 1.29 is 13.6 Å². The molecule has 0 unspecified atom stereocenters. The maximum Gasteiger partial charge on any atom is 0.266 e. The fourth-order valence-corrected chi connectivity index (χ4v) is 4.26. The van der Waals surface area contributed by atoms with Crippen LogP contribution >= 0.6 is 23.4 Å². The Balaban J connectivity index is 1.53. The van der Waals surface area contributed by atoms with Crippen molar-refractivity contribution in [3.05, 3.63) is 99.3 Å². The van der Waals surface area contributed by atoms with Gasteiger partial charge in [-0.3, -0.25) is 14.2 Å². The molecule has 5 nitrogen and oxygen atoms in total. The third-order valence-corrected chi connectivity index (χ3v) is 6.12. The zero-order valence-corrected chi connectivity index (χ0v) is 18.8. The van der Waals surface area contributed by atoms with Crippen LogP contribution in [-0.4, -0.2) is 27.8 Å². The summed E-state index contributed by atoms with van der Waals surface area (Å²) >= 11 is 7.02. The van der Waals surface area contributed by atoms with Crippen LogP contribution in [0.1, 0.15) is 5.56 Å². The predicted octanol–water partition coefficient (Wildman–Crippen LogP) is 4.77. The Bertz CT molecular complexity index is 1380. The third-order valence-electron chi connectivity index (χ3n) is 4.89. The van der Waals surface area contributed by atoms with E-state index in [2.05, 4.69) is 10.3 Å². The Labute approximate surface area is 197 Å². The van der Waals surface area contributed by atoms with Crippen molar-refractivity contribution in [3.8, 4) is 5.69 Å². The Morgan fingerprint density at radius 2 is 1.82 bits per heavy atom. The SMILES string of the molecule is O=C(CSc1nc2ccccc2c(=O)n1-c1ccc(F)c(Cl)c1)NCCc1ccc(F)cc1. The summed E-state index contributed by atoms with van der Waals surface area (Å²) < 4.78 is 28.0. The summed E-state index contributed by atoms with van der Waals surface area (Å²) in [5.41, 5.74) is 1.40. The molecule has 1 amide bonds. The number of fused-ring (bicyclic) bond motifs is 1. The van der Waals surface area contributed by atoms with E-state index >= 15 is 0 Å². The number of carbonyl (C=O) groups is 1. The highest BCUT2D eigenvalue weighted by molar-refractivity contribution is 7.99. The Morgan fingerprint density at radius 1 is 1.06 bits per heavy atom. The summed E-state index contributed by atoms with van der Waals surface area (Å²) in [4.78, 5) is 30.1. The summed E-state index contributed by atoms with van der Waals surface area (Å²) in [6.45, 7) is 0.385. The van der Waals surface area contributed by atoms with E-state index < -0.39 is 5.82 Å². The minimum absolute atomic E-state index is 0.0170. The Kier molecular flexibility index (Phi) is 7.05. The number of hydrogen-bond donors (Lipinski definition) is 1. The van der Waals surface area contributed by atoms with Gasteiger partial charge in [0.15, 0.2) is 5.16 Å². The first kappa shape index (κ1) is 22.9. The Hall–Kier alpha value is -3.23. The second kappa shape index (κ2) is 10.1. The van der Waals surface area contributed by atoms with Gasteiger partial charge >= 0.3 is 0 Å². The molecule has 0 atom stereocenters. The summed E-state index contributed by atoms with van der Waals surface area (Å²) in [5, 5.41) is 3.36. The van der Waals surface area contributed by atoms with Crippen LogP contribution in [0.3, 0.4) is 0 Å². The number of para-hydroxylation sites is 1. The first-order valence-electron chi connectivity index (χ1n) is 10.0. The van der Waals surface area contributed by atoms with E-state index in [1.165, 1.54) is 34.9 Å². The van der Waals surface area contributed by atoms with Gasteiger partial charge < -0.3 is 5.32 Å². The molecule has 0 saturated carbocycles. The molecular weight excluding hydrogens is 468 g/mol. The van der Waals surface area contributed by atoms with Crippen molar-refractivity contribution in [3.63, 3.8) is 0 Å². The Morgan fingerprint density at radius 3 is 2.58 bits per heavy atom. The van der Waals surface area contributed by atoms with Crippen molar-refractivity contribution in [1.29, 1.82) is 0 Å². The van der Waals surface area contributed by atoms with Crippen LogP contribution in [0.5, 0.6) is 0 Å². The van der Waals surface area contributed by atoms with Gasteiger partial charge in [-0.25, -0.2) is 13.8 Å². The summed E-state index contributed by atoms with van der Waals surface area (Å²) in [7, 11) is 0. The van der Waals surface area contributed by atoms with Crippen molar-refractivity contribution in [1.82, 2.24) is 14.9 Å². The zero-order valence-electron chi connectivity index (χ0n) is 17.2. The predicted molar refractivity (Wildman–Crippen MR) is 126 cm³/mol. The molecule has 33 heavy (non-hydrogen) atoms. The molecule has 168 valence electrons. The number of halogens is 3. The second-order valence-corrected chi connectivity index (χ2v) is 8.52. The molecule has 0 radical (unpaired) electrons. The van der Waals surface area contributed by atoms with E-state index in [1.807, 2.05) is 0 Å². The van der Waals surface area contributed by atoms with Gasteiger partial charge in [0.25, 0.3) is 5.56 Å². The van der Waals surface area contributed by atoms with Crippen LogP contribution < -0.4 is 10.9 Å². The first-order chi connectivity index (χ1) is 15.9. The minimum Gasteiger partial charge on any atom is -0.355 e. The van der Waals surface area contributed by atoms with Crippen LogP contribution in [0.2, 0.25) is 5.02 Å². The standard InChI is InChI=1S/C24H18ClF2N3O2S/c25-19-13-17(9-10-20(19)27)30-23(32)18-3-1-2-4-21(18)29-24(30)33-14-22(31)28-12-11-15-5-7-16(26)8-6-15/h1-10,13H,11-12,14H2,(H,28,31). The summed E-state index contributed by atoms with van der Waals surface area (Å²) in [6.07, 6.45) is 0.559. The van der Waals surface area contributed by atoms with Gasteiger partial charge in [-0.15, -0.1) is 0 Å². The molecule has 4 rings (SSSR count). The van der Waals surface area contributed by atoms with Gasteiger partial charge in [0.2, 0.25) is 5.91 Å². The van der Waals surface area contributed by atoms with Gasteiger partial charge in [-0.05, 0) is 54.4 Å². The van der Waals surface area contributed by atoms with Gasteiger partial charge in [-0.1, -0.05) is 47.6 Å². The number of rotatable bonds is 7. The third kappa shape index (κ3) is 5.40. The maximum absolute atomic E-state index is 13.7. The number of benzene rings is 3. The number of carbonyl (C=O) groups excluding carboxylic acids is 1. The monoisotopic (exact) mass is 485 g/mol. The highest BCUT2D eigenvalue weighted by Crippen LogP contribution is 2.24. The molecule has 0 aliphatic heterocycles. The summed E-state index contributed by atoms with van der Waals surface area (Å²) in [5.74, 6) is -1.14. The normalized spacial score (nSPS) is 11.0. The molecule has 0 aliphatic carbocycles. The minimum atomic E-state index is -0.600. The van der Waals surface area contributed by atoms with Crippen LogP contribution in [0, 0.1) is 11.6 Å². The number of nitrogens with zero attached hydrogens (tertiary/aromatic N) is 2. The smallest absolute Gasteiger partial charge is 0.266 e. The largest absolute Gasteiger partial charge is 0.355 e. The van der Waals surface area contributed by atoms with E-state index in [1.54, 1.807) is 36.4 Å². The van der Waals surface area contributed by atoms with Crippen molar-refractivity contribution in [2.24, 2.45) is 0 Å². The zero-order chi connectivity index (χ0) is 23.4. The molecule has 3 aromatic carbocycles. The van der Waals surface area contributed by atoms with Crippen molar-refractivity contribution in [2.75, 3.05) is 12.3 Å². The van der Waals surface area contributed by atoms with Crippen LogP contribution in [-0.2, 0) is 11.2 Å². The molecule has 0 spiro atoms. The van der Waals surface area contributed by atoms with Crippen molar-refractivity contribution >= 4 is 40.2 Å². The highest BCUT2D eigenvalue weighted by atomic mass is 35.5. The lowest BCUT2D eigenvalue weighted by molar-refractivity contribution is -0.118. The molecule has 0 aliphatic rings. The average molecular weight is 486 g/mol. The lowest BCUT2D eigenvalue weighted by Gasteiger charge is -2.13.